The summed E-state index contributed by atoms with van der Waals surface area (Å²) in [6, 6.07) is 1.73. The zero-order valence-corrected chi connectivity index (χ0v) is 13.7. The van der Waals surface area contributed by atoms with Gasteiger partial charge in [0.15, 0.2) is 0 Å². The van der Waals surface area contributed by atoms with Crippen molar-refractivity contribution in [3.05, 3.63) is 15.9 Å². The molecule has 0 bridgehead atoms. The van der Waals surface area contributed by atoms with E-state index in [1.807, 2.05) is 0 Å². The summed E-state index contributed by atoms with van der Waals surface area (Å²) in [5.41, 5.74) is 0. The number of hydrogen-bond donors (Lipinski definition) is 1. The van der Waals surface area contributed by atoms with Gasteiger partial charge in [0.2, 0.25) is 0 Å². The Balaban J connectivity index is 2.29. The predicted molar refractivity (Wildman–Crippen MR) is 77.5 cm³/mol. The molecule has 0 aliphatic heterocycles. The number of nitrogens with one attached hydrogen (secondary N) is 1. The molecule has 7 heteroatoms. The van der Waals surface area contributed by atoms with E-state index in [1.165, 1.54) is 11.3 Å². The molecular formula is C11H18BrNO3S2. The summed E-state index contributed by atoms with van der Waals surface area (Å²) >= 11 is 4.42. The zero-order chi connectivity index (χ0) is 13.6. The van der Waals surface area contributed by atoms with Gasteiger partial charge in [-0.25, -0.2) is 13.1 Å². The Labute approximate surface area is 121 Å². The van der Waals surface area contributed by atoms with Crippen molar-refractivity contribution in [2.45, 2.75) is 24.5 Å². The zero-order valence-electron chi connectivity index (χ0n) is 10.5. The second-order valence-electron chi connectivity index (χ2n) is 4.28. The lowest BCUT2D eigenvalue weighted by atomic mass is 10.2. The minimum Gasteiger partial charge on any atom is -0.381 e. The van der Waals surface area contributed by atoms with Gasteiger partial charge in [0, 0.05) is 24.2 Å². The molecule has 1 rings (SSSR count). The van der Waals surface area contributed by atoms with Crippen LogP contribution in [0, 0.1) is 5.92 Å². The highest BCUT2D eigenvalue weighted by Gasteiger charge is 2.18. The molecule has 1 heterocycles. The first-order valence-electron chi connectivity index (χ1n) is 5.74. The molecule has 104 valence electrons. The first-order chi connectivity index (χ1) is 8.43. The molecule has 0 amide bonds. The van der Waals surface area contributed by atoms with Crippen LogP contribution in [0.4, 0.5) is 0 Å². The van der Waals surface area contributed by atoms with E-state index < -0.39 is 10.0 Å². The molecule has 0 aliphatic rings. The van der Waals surface area contributed by atoms with Gasteiger partial charge < -0.3 is 4.74 Å². The SMILES string of the molecule is CC(C)COCCCNS(=O)(=O)c1sccc1Br. The third-order valence-electron chi connectivity index (χ3n) is 2.04. The summed E-state index contributed by atoms with van der Waals surface area (Å²) in [5, 5.41) is 1.74. The number of rotatable bonds is 8. The van der Waals surface area contributed by atoms with Crippen LogP contribution in [0.2, 0.25) is 0 Å². The second-order valence-corrected chi connectivity index (χ2v) is 8.01. The van der Waals surface area contributed by atoms with E-state index in [9.17, 15) is 8.42 Å². The van der Waals surface area contributed by atoms with Crippen LogP contribution in [0.5, 0.6) is 0 Å². The van der Waals surface area contributed by atoms with Crippen molar-refractivity contribution in [2.24, 2.45) is 5.92 Å². The van der Waals surface area contributed by atoms with E-state index in [1.54, 1.807) is 11.4 Å². The molecular weight excluding hydrogens is 338 g/mol. The normalized spacial score (nSPS) is 12.2. The summed E-state index contributed by atoms with van der Waals surface area (Å²) in [4.78, 5) is 0. The molecule has 0 spiro atoms. The smallest absolute Gasteiger partial charge is 0.251 e. The number of ether oxygens (including phenoxy) is 1. The van der Waals surface area contributed by atoms with Gasteiger partial charge in [-0.2, -0.15) is 0 Å². The standard InChI is InChI=1S/C11H18BrNO3S2/c1-9(2)8-16-6-3-5-13-18(14,15)11-10(12)4-7-17-11/h4,7,9,13H,3,5-6,8H2,1-2H3. The average molecular weight is 356 g/mol. The van der Waals surface area contributed by atoms with Crippen LogP contribution >= 0.6 is 27.3 Å². The van der Waals surface area contributed by atoms with Crippen molar-refractivity contribution in [3.63, 3.8) is 0 Å². The van der Waals surface area contributed by atoms with Gasteiger partial charge in [-0.15, -0.1) is 11.3 Å². The fourth-order valence-electron chi connectivity index (χ4n) is 1.24. The Morgan fingerprint density at radius 1 is 1.50 bits per heavy atom. The Bertz CT molecular complexity index is 457. The minimum absolute atomic E-state index is 0.325. The molecule has 18 heavy (non-hydrogen) atoms. The van der Waals surface area contributed by atoms with Crippen LogP contribution in [-0.4, -0.2) is 28.2 Å². The Kier molecular flexibility index (Phi) is 6.79. The van der Waals surface area contributed by atoms with Crippen LogP contribution in [0.15, 0.2) is 20.1 Å². The quantitative estimate of drug-likeness (QED) is 0.729. The summed E-state index contributed by atoms with van der Waals surface area (Å²) in [6.07, 6.45) is 0.676. The molecule has 1 aromatic heterocycles. The highest BCUT2D eigenvalue weighted by Crippen LogP contribution is 2.27. The van der Waals surface area contributed by atoms with Gasteiger partial charge in [-0.3, -0.25) is 0 Å². The average Bonchev–Trinajstić information content (AvgIpc) is 2.70. The van der Waals surface area contributed by atoms with Crippen LogP contribution in [0.3, 0.4) is 0 Å². The van der Waals surface area contributed by atoms with E-state index in [0.29, 0.717) is 40.8 Å². The second kappa shape index (κ2) is 7.59. The first kappa shape index (κ1) is 16.1. The molecule has 0 fully saturated rings. The molecule has 0 radical (unpaired) electrons. The number of sulfonamides is 1. The fraction of sp³-hybridized carbons (Fsp3) is 0.636. The van der Waals surface area contributed by atoms with E-state index in [-0.39, 0.29) is 0 Å². The van der Waals surface area contributed by atoms with E-state index >= 15 is 0 Å². The van der Waals surface area contributed by atoms with Crippen molar-refractivity contribution in [3.8, 4) is 0 Å². The maximum atomic E-state index is 11.9. The molecule has 1 aromatic rings. The highest BCUT2D eigenvalue weighted by molar-refractivity contribution is 9.10. The lowest BCUT2D eigenvalue weighted by Gasteiger charge is -2.07. The van der Waals surface area contributed by atoms with Crippen molar-refractivity contribution in [1.82, 2.24) is 4.72 Å². The van der Waals surface area contributed by atoms with Crippen molar-refractivity contribution in [2.75, 3.05) is 19.8 Å². The minimum atomic E-state index is -3.39. The van der Waals surface area contributed by atoms with Gasteiger partial charge in [0.25, 0.3) is 10.0 Å². The maximum absolute atomic E-state index is 11.9. The van der Waals surface area contributed by atoms with E-state index in [4.69, 9.17) is 4.74 Å². The summed E-state index contributed by atoms with van der Waals surface area (Å²) < 4.78 is 32.6. The van der Waals surface area contributed by atoms with Crippen LogP contribution in [0.25, 0.3) is 0 Å². The van der Waals surface area contributed by atoms with Crippen molar-refractivity contribution in [1.29, 1.82) is 0 Å². The summed E-state index contributed by atoms with van der Waals surface area (Å²) in [5.74, 6) is 0.503. The highest BCUT2D eigenvalue weighted by atomic mass is 79.9. The van der Waals surface area contributed by atoms with Crippen LogP contribution < -0.4 is 4.72 Å². The monoisotopic (exact) mass is 355 g/mol. The predicted octanol–water partition coefficient (Wildman–Crippen LogP) is 2.85. The topological polar surface area (TPSA) is 55.4 Å². The van der Waals surface area contributed by atoms with Gasteiger partial charge in [0.05, 0.1) is 0 Å². The largest absolute Gasteiger partial charge is 0.381 e. The van der Waals surface area contributed by atoms with E-state index in [0.717, 1.165) is 0 Å². The van der Waals surface area contributed by atoms with E-state index in [2.05, 4.69) is 34.5 Å². The molecule has 4 nitrogen and oxygen atoms in total. The lowest BCUT2D eigenvalue weighted by molar-refractivity contribution is 0.108. The van der Waals surface area contributed by atoms with Gasteiger partial charge >= 0.3 is 0 Å². The molecule has 0 aliphatic carbocycles. The Hall–Kier alpha value is 0.0500. The number of halogens is 1. The van der Waals surface area contributed by atoms with Gasteiger partial charge in [0.1, 0.15) is 4.21 Å². The van der Waals surface area contributed by atoms with Crippen LogP contribution in [0.1, 0.15) is 20.3 Å². The lowest BCUT2D eigenvalue weighted by Crippen LogP contribution is -2.25. The molecule has 0 saturated heterocycles. The van der Waals surface area contributed by atoms with Gasteiger partial charge in [-0.1, -0.05) is 13.8 Å². The number of thiophene rings is 1. The fourth-order valence-corrected chi connectivity index (χ4v) is 4.69. The molecule has 1 N–H and O–H groups in total. The number of hydrogen-bond acceptors (Lipinski definition) is 4. The van der Waals surface area contributed by atoms with Gasteiger partial charge in [-0.05, 0) is 39.7 Å². The maximum Gasteiger partial charge on any atom is 0.251 e. The molecule has 0 atom stereocenters. The molecule has 0 unspecified atom stereocenters. The molecule has 0 saturated carbocycles. The summed E-state index contributed by atoms with van der Waals surface area (Å²) in [7, 11) is -3.39. The van der Waals surface area contributed by atoms with Crippen LogP contribution in [-0.2, 0) is 14.8 Å². The van der Waals surface area contributed by atoms with Crippen molar-refractivity contribution < 1.29 is 13.2 Å². The molecule has 0 aromatic carbocycles. The first-order valence-corrected chi connectivity index (χ1v) is 8.89. The third kappa shape index (κ3) is 5.36. The Morgan fingerprint density at radius 3 is 2.78 bits per heavy atom. The Morgan fingerprint density at radius 2 is 2.22 bits per heavy atom. The van der Waals surface area contributed by atoms with Crippen molar-refractivity contribution >= 4 is 37.3 Å². The third-order valence-corrected chi connectivity index (χ3v) is 6.17. The summed E-state index contributed by atoms with van der Waals surface area (Å²) in [6.45, 7) is 5.84.